The molecule has 186 valence electrons. The van der Waals surface area contributed by atoms with Gasteiger partial charge in [0.05, 0.1) is 18.3 Å². The van der Waals surface area contributed by atoms with E-state index in [1.807, 2.05) is 36.3 Å². The van der Waals surface area contributed by atoms with Crippen LogP contribution in [-0.4, -0.2) is 62.7 Å². The van der Waals surface area contributed by atoms with Crippen LogP contribution in [0.2, 0.25) is 0 Å². The molecule has 2 atom stereocenters. The number of rotatable bonds is 5. The number of aryl methyl sites for hydroxylation is 1. The topological polar surface area (TPSA) is 77.2 Å². The van der Waals surface area contributed by atoms with Crippen LogP contribution in [0.5, 0.6) is 5.75 Å². The number of carbonyl (C=O) groups excluding carboxylic acids is 1. The number of aromatic nitrogens is 4. The van der Waals surface area contributed by atoms with Crippen LogP contribution in [0.25, 0.3) is 33.6 Å². The number of hydrogen-bond donors (Lipinski definition) is 1. The van der Waals surface area contributed by atoms with Gasteiger partial charge in [0.15, 0.2) is 5.82 Å². The third-order valence-electron chi connectivity index (χ3n) is 8.39. The van der Waals surface area contributed by atoms with E-state index in [0.717, 1.165) is 66.2 Å². The molecule has 0 bridgehead atoms. The Kier molecular flexibility index (Phi) is 5.06. The van der Waals surface area contributed by atoms with Crippen LogP contribution in [-0.2, 0) is 13.6 Å². The molecule has 2 aliphatic heterocycles. The Bertz CT molecular complexity index is 1480. The highest BCUT2D eigenvalue weighted by Gasteiger charge is 2.35. The number of nitrogens with zero attached hydrogens (tertiary/aromatic N) is 5. The summed E-state index contributed by atoms with van der Waals surface area (Å²) in [6.45, 7) is 3.58. The summed E-state index contributed by atoms with van der Waals surface area (Å²) in [6.07, 6.45) is 6.67. The molecule has 3 fully saturated rings. The average Bonchev–Trinajstić information content (AvgIpc) is 3.32. The van der Waals surface area contributed by atoms with Gasteiger partial charge < -0.3 is 24.1 Å². The van der Waals surface area contributed by atoms with Crippen molar-refractivity contribution in [3.8, 4) is 17.3 Å². The molecule has 8 heteroatoms. The Balaban J connectivity index is 1.30. The van der Waals surface area contributed by atoms with Crippen molar-refractivity contribution in [3.63, 3.8) is 0 Å². The minimum Gasteiger partial charge on any atom is -0.494 e. The van der Waals surface area contributed by atoms with Gasteiger partial charge in [0.1, 0.15) is 16.9 Å². The number of hydrogen-bond acceptors (Lipinski definition) is 5. The van der Waals surface area contributed by atoms with Crippen LogP contribution in [0.1, 0.15) is 36.0 Å². The number of fused-ring (bicyclic) bond motifs is 3. The van der Waals surface area contributed by atoms with Gasteiger partial charge in [-0.1, -0.05) is 0 Å². The second-order valence-corrected chi connectivity index (χ2v) is 10.7. The molecule has 1 aliphatic carbocycles. The molecule has 1 aromatic carbocycles. The lowest BCUT2D eigenvalue weighted by Gasteiger charge is -2.35. The van der Waals surface area contributed by atoms with E-state index in [1.54, 1.807) is 7.11 Å². The van der Waals surface area contributed by atoms with Crippen molar-refractivity contribution in [1.29, 1.82) is 0 Å². The number of pyridine rings is 1. The molecule has 0 spiro atoms. The third kappa shape index (κ3) is 3.50. The molecule has 0 radical (unpaired) electrons. The van der Waals surface area contributed by atoms with Gasteiger partial charge in [0, 0.05) is 49.9 Å². The number of nitrogens with one attached hydrogen (secondary N) is 1. The summed E-state index contributed by atoms with van der Waals surface area (Å²) in [5.41, 5.74) is 4.37. The quantitative estimate of drug-likeness (QED) is 0.466. The van der Waals surface area contributed by atoms with Crippen LogP contribution in [0.3, 0.4) is 0 Å². The molecule has 1 N–H and O–H groups in total. The normalized spacial score (nSPS) is 21.9. The van der Waals surface area contributed by atoms with E-state index in [9.17, 15) is 4.79 Å². The fourth-order valence-corrected chi connectivity index (χ4v) is 6.23. The molecule has 3 aliphatic rings. The Morgan fingerprint density at radius 1 is 1.19 bits per heavy atom. The smallest absolute Gasteiger partial charge is 0.254 e. The highest BCUT2D eigenvalue weighted by Crippen LogP contribution is 2.37. The van der Waals surface area contributed by atoms with Crippen LogP contribution < -0.4 is 10.1 Å². The molecular formula is C28H32N6O2. The van der Waals surface area contributed by atoms with Gasteiger partial charge in [-0.15, -0.1) is 0 Å². The summed E-state index contributed by atoms with van der Waals surface area (Å²) in [4.78, 5) is 25.3. The molecule has 36 heavy (non-hydrogen) atoms. The minimum absolute atomic E-state index is 0.0570. The van der Waals surface area contributed by atoms with E-state index in [2.05, 4.69) is 31.6 Å². The summed E-state index contributed by atoms with van der Waals surface area (Å²) in [6, 6.07) is 10.5. The fourth-order valence-electron chi connectivity index (χ4n) is 6.23. The molecule has 0 unspecified atom stereocenters. The average molecular weight is 485 g/mol. The minimum atomic E-state index is 0.0570. The molecule has 3 aromatic heterocycles. The Hall–Kier alpha value is -3.39. The zero-order valence-corrected chi connectivity index (χ0v) is 20.9. The van der Waals surface area contributed by atoms with Crippen molar-refractivity contribution in [2.24, 2.45) is 18.9 Å². The van der Waals surface area contributed by atoms with Crippen molar-refractivity contribution < 1.29 is 9.53 Å². The van der Waals surface area contributed by atoms with Gasteiger partial charge in [-0.05, 0) is 74.4 Å². The van der Waals surface area contributed by atoms with Crippen molar-refractivity contribution >= 4 is 28.0 Å². The molecule has 4 aromatic rings. The van der Waals surface area contributed by atoms with Gasteiger partial charge in [-0.3, -0.25) is 4.79 Å². The summed E-state index contributed by atoms with van der Waals surface area (Å²) in [5, 5.41) is 4.69. The largest absolute Gasteiger partial charge is 0.494 e. The second-order valence-electron chi connectivity index (χ2n) is 10.7. The number of ether oxygens (including phenoxy) is 1. The second kappa shape index (κ2) is 8.34. The maximum Gasteiger partial charge on any atom is 0.254 e. The predicted octanol–water partition coefficient (Wildman–Crippen LogP) is 3.83. The zero-order valence-electron chi connectivity index (χ0n) is 20.9. The number of likely N-dealkylation sites (tertiary alicyclic amines) is 1. The van der Waals surface area contributed by atoms with Gasteiger partial charge in [0.2, 0.25) is 0 Å². The van der Waals surface area contributed by atoms with Gasteiger partial charge in [0.25, 0.3) is 5.91 Å². The molecule has 1 amide bonds. The van der Waals surface area contributed by atoms with Crippen molar-refractivity contribution in [2.45, 2.75) is 38.3 Å². The first-order chi connectivity index (χ1) is 17.6. The highest BCUT2D eigenvalue weighted by atomic mass is 16.5. The SMILES string of the molecule is COc1cc(C(=O)N2CC[C@H]3CCN[C@H]3C2)cc2nc(-c3cc4cccnc4n3CC3CC3)n(C)c12. The van der Waals surface area contributed by atoms with Crippen LogP contribution in [0.4, 0.5) is 0 Å². The summed E-state index contributed by atoms with van der Waals surface area (Å²) in [7, 11) is 3.69. The van der Waals surface area contributed by atoms with E-state index >= 15 is 0 Å². The lowest BCUT2D eigenvalue weighted by atomic mass is 9.92. The Morgan fingerprint density at radius 2 is 2.08 bits per heavy atom. The van der Waals surface area contributed by atoms with Crippen LogP contribution in [0, 0.1) is 11.8 Å². The predicted molar refractivity (Wildman–Crippen MR) is 139 cm³/mol. The third-order valence-corrected chi connectivity index (χ3v) is 8.39. The molecule has 5 heterocycles. The van der Waals surface area contributed by atoms with Crippen molar-refractivity contribution in [3.05, 3.63) is 42.1 Å². The molecule has 1 saturated carbocycles. The number of methoxy groups -OCH3 is 1. The monoisotopic (exact) mass is 484 g/mol. The lowest BCUT2D eigenvalue weighted by molar-refractivity contribution is 0.0669. The number of imidazole rings is 1. The van der Waals surface area contributed by atoms with Gasteiger partial charge in [-0.25, -0.2) is 9.97 Å². The van der Waals surface area contributed by atoms with E-state index in [1.165, 1.54) is 19.3 Å². The van der Waals surface area contributed by atoms with Gasteiger partial charge in [-0.2, -0.15) is 0 Å². The zero-order chi connectivity index (χ0) is 24.4. The molecule has 2 saturated heterocycles. The molecule has 8 nitrogen and oxygen atoms in total. The van der Waals surface area contributed by atoms with E-state index in [4.69, 9.17) is 9.72 Å². The number of piperidine rings is 1. The van der Waals surface area contributed by atoms with Crippen LogP contribution >= 0.6 is 0 Å². The van der Waals surface area contributed by atoms with E-state index in [-0.39, 0.29) is 5.91 Å². The van der Waals surface area contributed by atoms with Crippen molar-refractivity contribution in [1.82, 2.24) is 29.3 Å². The van der Waals surface area contributed by atoms with Crippen molar-refractivity contribution in [2.75, 3.05) is 26.7 Å². The van der Waals surface area contributed by atoms with E-state index < -0.39 is 0 Å². The number of amides is 1. The molecular weight excluding hydrogens is 452 g/mol. The van der Waals surface area contributed by atoms with E-state index in [0.29, 0.717) is 29.2 Å². The van der Waals surface area contributed by atoms with Crippen LogP contribution in [0.15, 0.2) is 36.5 Å². The lowest BCUT2D eigenvalue weighted by Crippen LogP contribution is -2.48. The first-order valence-electron chi connectivity index (χ1n) is 13.1. The van der Waals surface area contributed by atoms with Gasteiger partial charge >= 0.3 is 0 Å². The highest BCUT2D eigenvalue weighted by molar-refractivity contribution is 6.00. The number of carbonyl (C=O) groups is 1. The fraction of sp³-hybridized carbons (Fsp3) is 0.464. The summed E-state index contributed by atoms with van der Waals surface area (Å²) < 4.78 is 10.2. The number of benzene rings is 1. The maximum absolute atomic E-state index is 13.6. The summed E-state index contributed by atoms with van der Waals surface area (Å²) >= 11 is 0. The summed E-state index contributed by atoms with van der Waals surface area (Å²) in [5.74, 6) is 2.99. The first-order valence-corrected chi connectivity index (χ1v) is 13.1. The Morgan fingerprint density at radius 3 is 2.92 bits per heavy atom. The maximum atomic E-state index is 13.6. The first kappa shape index (κ1) is 21.9. The standard InChI is InChI=1S/C28H32N6O2/c1-32-25-21(31-27(32)23-13-19-4-3-9-30-26(19)34(23)15-17-5-6-17)12-20(14-24(25)36-2)28(35)33-11-8-18-7-10-29-22(18)16-33/h3-4,9,12-14,17-18,22,29H,5-8,10-11,15-16H2,1-2H3/t18-,22+/m1/s1. The Labute approximate surface area is 210 Å². The molecule has 7 rings (SSSR count).